The van der Waals surface area contributed by atoms with Crippen molar-refractivity contribution < 1.29 is 43.0 Å². The predicted molar refractivity (Wildman–Crippen MR) is 164 cm³/mol. The number of benzene rings is 3. The standard InChI is InChI=1S/C32H38Cl2N2O4.HI/c1-36(2,3)26-13-10-24(11-14-26)22-31(37)35-20-8-6-4-5-7-9-21-39-27-15-17-28(18-16-27)40-32(38)25-12-19-29(33)30(34)23-25;/h10-19,23H,4-9,20-22H2,1-3H3;1H. The molecule has 0 saturated heterocycles. The maximum atomic E-state index is 12.3. The molecule has 0 aromatic heterocycles. The lowest BCUT2D eigenvalue weighted by molar-refractivity contribution is -0.120. The first kappa shape index (κ1) is 34.9. The Morgan fingerprint density at radius 3 is 2.00 bits per heavy atom. The monoisotopic (exact) mass is 712 g/mol. The third-order valence-electron chi connectivity index (χ3n) is 6.43. The van der Waals surface area contributed by atoms with E-state index in [1.807, 2.05) is 12.1 Å². The van der Waals surface area contributed by atoms with Crippen LogP contribution in [0.1, 0.15) is 54.4 Å². The van der Waals surface area contributed by atoms with Crippen molar-refractivity contribution in [2.45, 2.75) is 44.9 Å². The summed E-state index contributed by atoms with van der Waals surface area (Å²) in [4.78, 5) is 24.5. The van der Waals surface area contributed by atoms with Gasteiger partial charge in [-0.2, -0.15) is 0 Å². The van der Waals surface area contributed by atoms with Crippen LogP contribution in [0, 0.1) is 0 Å². The number of nitrogens with zero attached hydrogens (tertiary/aromatic N) is 1. The second-order valence-corrected chi connectivity index (χ2v) is 11.5. The quantitative estimate of drug-likeness (QED) is 0.0830. The van der Waals surface area contributed by atoms with E-state index < -0.39 is 5.97 Å². The number of carbonyl (C=O) groups excluding carboxylic acids is 2. The van der Waals surface area contributed by atoms with Gasteiger partial charge in [0, 0.05) is 6.54 Å². The van der Waals surface area contributed by atoms with Crippen LogP contribution in [0.5, 0.6) is 11.5 Å². The fourth-order valence-corrected chi connectivity index (χ4v) is 4.35. The highest BCUT2D eigenvalue weighted by atomic mass is 127. The van der Waals surface area contributed by atoms with Crippen LogP contribution in [0.15, 0.2) is 66.7 Å². The van der Waals surface area contributed by atoms with Gasteiger partial charge in [0.05, 0.1) is 49.8 Å². The molecule has 9 heteroatoms. The summed E-state index contributed by atoms with van der Waals surface area (Å²) in [6.07, 6.45) is 6.85. The topological polar surface area (TPSA) is 64.6 Å². The van der Waals surface area contributed by atoms with Crippen LogP contribution >= 0.6 is 23.2 Å². The summed E-state index contributed by atoms with van der Waals surface area (Å²) in [5.74, 6) is 0.729. The first-order chi connectivity index (χ1) is 19.1. The third kappa shape index (κ3) is 12.6. The third-order valence-corrected chi connectivity index (χ3v) is 7.17. The molecule has 3 aromatic carbocycles. The minimum Gasteiger partial charge on any atom is -1.00 e. The van der Waals surface area contributed by atoms with Crippen molar-refractivity contribution in [3.05, 3.63) is 87.9 Å². The molecule has 1 N–H and O–H groups in total. The number of halogens is 3. The summed E-state index contributed by atoms with van der Waals surface area (Å²) in [6.45, 7) is 1.35. The number of unbranched alkanes of at least 4 members (excludes halogenated alkanes) is 5. The van der Waals surface area contributed by atoms with E-state index in [2.05, 4.69) is 38.6 Å². The van der Waals surface area contributed by atoms with Gasteiger partial charge in [-0.15, -0.1) is 0 Å². The number of hydrogen-bond donors (Lipinski definition) is 1. The predicted octanol–water partition coefficient (Wildman–Crippen LogP) is 4.49. The summed E-state index contributed by atoms with van der Waals surface area (Å²) in [6, 6.07) is 19.8. The van der Waals surface area contributed by atoms with E-state index in [-0.39, 0.29) is 29.9 Å². The molecule has 0 radical (unpaired) electrons. The number of ether oxygens (including phenoxy) is 2. The first-order valence-corrected chi connectivity index (χ1v) is 14.4. The molecule has 0 spiro atoms. The van der Waals surface area contributed by atoms with Crippen molar-refractivity contribution >= 4 is 40.8 Å². The van der Waals surface area contributed by atoms with Crippen molar-refractivity contribution in [1.29, 1.82) is 0 Å². The highest BCUT2D eigenvalue weighted by Crippen LogP contribution is 2.24. The van der Waals surface area contributed by atoms with E-state index in [0.717, 1.165) is 60.9 Å². The van der Waals surface area contributed by atoms with Gasteiger partial charge >= 0.3 is 5.97 Å². The largest absolute Gasteiger partial charge is 1.00 e. The molecule has 3 rings (SSSR count). The fourth-order valence-electron chi connectivity index (χ4n) is 4.05. The summed E-state index contributed by atoms with van der Waals surface area (Å²) in [5, 5.41) is 3.72. The van der Waals surface area contributed by atoms with Crippen molar-refractivity contribution in [3.63, 3.8) is 0 Å². The molecular formula is C32H39Cl2IN2O4. The minimum absolute atomic E-state index is 0. The lowest BCUT2D eigenvalue weighted by Crippen LogP contribution is -3.00. The van der Waals surface area contributed by atoms with E-state index >= 15 is 0 Å². The number of nitrogens with one attached hydrogen (secondary N) is 1. The maximum absolute atomic E-state index is 12.3. The number of esters is 1. The van der Waals surface area contributed by atoms with Crippen LogP contribution in [0.3, 0.4) is 0 Å². The summed E-state index contributed by atoms with van der Waals surface area (Å²) >= 11 is 11.9. The molecule has 3 aromatic rings. The van der Waals surface area contributed by atoms with Gasteiger partial charge in [-0.05, 0) is 73.0 Å². The molecule has 0 bridgehead atoms. The molecule has 0 aliphatic rings. The van der Waals surface area contributed by atoms with Gasteiger partial charge < -0.3 is 38.8 Å². The van der Waals surface area contributed by atoms with Crippen LogP contribution in [-0.4, -0.2) is 46.2 Å². The van der Waals surface area contributed by atoms with Gasteiger partial charge in [0.2, 0.25) is 5.91 Å². The van der Waals surface area contributed by atoms with Crippen molar-refractivity contribution in [3.8, 4) is 11.5 Å². The van der Waals surface area contributed by atoms with Gasteiger partial charge in [-0.3, -0.25) is 9.28 Å². The average Bonchev–Trinajstić information content (AvgIpc) is 2.92. The summed E-state index contributed by atoms with van der Waals surface area (Å²) in [7, 11) is 6.38. The van der Waals surface area contributed by atoms with Crippen LogP contribution in [0.2, 0.25) is 10.0 Å². The van der Waals surface area contributed by atoms with E-state index in [4.69, 9.17) is 32.7 Å². The van der Waals surface area contributed by atoms with E-state index in [9.17, 15) is 9.59 Å². The smallest absolute Gasteiger partial charge is 0.343 e. The van der Waals surface area contributed by atoms with Crippen molar-refractivity contribution in [2.24, 2.45) is 0 Å². The molecule has 0 fully saturated rings. The Bertz CT molecular complexity index is 1250. The first-order valence-electron chi connectivity index (χ1n) is 13.7. The zero-order valence-electron chi connectivity index (χ0n) is 23.9. The SMILES string of the molecule is C[N+](C)(C)c1ccc(CC(=O)NCCCCCCCCOc2ccc(OC(=O)c3ccc(Cl)c(Cl)c3)cc2)cc1.[I-]. The number of carbonyl (C=O) groups is 2. The number of amides is 1. The minimum atomic E-state index is -0.504. The molecule has 1 amide bonds. The molecule has 0 aliphatic carbocycles. The molecule has 41 heavy (non-hydrogen) atoms. The Kier molecular flexibility index (Phi) is 15.0. The second kappa shape index (κ2) is 17.6. The van der Waals surface area contributed by atoms with Crippen molar-refractivity contribution in [2.75, 3.05) is 34.3 Å². The van der Waals surface area contributed by atoms with Gasteiger partial charge in [-0.25, -0.2) is 4.79 Å². The zero-order chi connectivity index (χ0) is 29.0. The molecule has 6 nitrogen and oxygen atoms in total. The molecule has 0 unspecified atom stereocenters. The Morgan fingerprint density at radius 2 is 1.37 bits per heavy atom. The number of hydrogen-bond acceptors (Lipinski definition) is 4. The van der Waals surface area contributed by atoms with Gasteiger partial charge in [-0.1, -0.05) is 61.0 Å². The van der Waals surface area contributed by atoms with Crippen LogP contribution in [0.25, 0.3) is 0 Å². The van der Waals surface area contributed by atoms with Gasteiger partial charge in [0.15, 0.2) is 0 Å². The van der Waals surface area contributed by atoms with E-state index in [1.54, 1.807) is 36.4 Å². The molecule has 0 saturated carbocycles. The molecular weight excluding hydrogens is 674 g/mol. The Labute approximate surface area is 270 Å². The van der Waals surface area contributed by atoms with Crippen LogP contribution in [-0.2, 0) is 11.2 Å². The lowest BCUT2D eigenvalue weighted by Gasteiger charge is -2.23. The maximum Gasteiger partial charge on any atom is 0.343 e. The summed E-state index contributed by atoms with van der Waals surface area (Å²) < 4.78 is 11.9. The Hall–Kier alpha value is -2.33. The second-order valence-electron chi connectivity index (χ2n) is 10.7. The Morgan fingerprint density at radius 1 is 0.756 bits per heavy atom. The van der Waals surface area contributed by atoms with Crippen molar-refractivity contribution in [1.82, 2.24) is 9.80 Å². The Balaban J connectivity index is 0.00000588. The molecule has 0 heterocycles. The van der Waals surface area contributed by atoms with Gasteiger partial charge in [0.25, 0.3) is 0 Å². The van der Waals surface area contributed by atoms with E-state index in [0.29, 0.717) is 34.4 Å². The highest BCUT2D eigenvalue weighted by molar-refractivity contribution is 6.42. The van der Waals surface area contributed by atoms with E-state index in [1.165, 1.54) is 11.8 Å². The van der Waals surface area contributed by atoms with Crippen LogP contribution in [0.4, 0.5) is 5.69 Å². The highest BCUT2D eigenvalue weighted by Gasteiger charge is 2.12. The molecule has 0 aliphatic heterocycles. The summed E-state index contributed by atoms with van der Waals surface area (Å²) in [5.41, 5.74) is 2.58. The number of quaternary nitrogens is 1. The molecule has 222 valence electrons. The molecule has 0 atom stereocenters. The zero-order valence-corrected chi connectivity index (χ0v) is 27.6. The lowest BCUT2D eigenvalue weighted by atomic mass is 10.1. The fraction of sp³-hybridized carbons (Fsp3) is 0.375. The average molecular weight is 713 g/mol. The van der Waals surface area contributed by atoms with Gasteiger partial charge in [0.1, 0.15) is 17.2 Å². The number of rotatable bonds is 15. The normalized spacial score (nSPS) is 11.0. The van der Waals surface area contributed by atoms with Crippen LogP contribution < -0.4 is 43.3 Å².